The molecular weight excluding hydrogens is 549 g/mol. The van der Waals surface area contributed by atoms with E-state index in [0.29, 0.717) is 5.92 Å². The minimum Gasteiger partial charge on any atom is -0.481 e. The average Bonchev–Trinajstić information content (AvgIpc) is 3.78. The summed E-state index contributed by atoms with van der Waals surface area (Å²) in [5.41, 5.74) is 4.22. The molecular formula is C34H42N2O3S2. The topological polar surface area (TPSA) is 80.2 Å². The highest BCUT2D eigenvalue weighted by atomic mass is 32.2. The van der Waals surface area contributed by atoms with Crippen molar-refractivity contribution in [1.82, 2.24) is 9.97 Å². The van der Waals surface area contributed by atoms with Gasteiger partial charge in [0.25, 0.3) is 0 Å². The zero-order valence-corrected chi connectivity index (χ0v) is 25.7. The molecule has 0 spiro atoms. The highest BCUT2D eigenvalue weighted by Gasteiger charge is 2.42. The van der Waals surface area contributed by atoms with Crippen LogP contribution in [0.3, 0.4) is 0 Å². The molecule has 218 valence electrons. The molecule has 1 aromatic heterocycles. The van der Waals surface area contributed by atoms with Gasteiger partial charge in [-0.05, 0) is 50.0 Å². The summed E-state index contributed by atoms with van der Waals surface area (Å²) in [6.07, 6.45) is 13.8. The van der Waals surface area contributed by atoms with Crippen LogP contribution in [0.1, 0.15) is 64.7 Å². The van der Waals surface area contributed by atoms with Gasteiger partial charge in [-0.1, -0.05) is 110 Å². The lowest BCUT2D eigenvalue weighted by Gasteiger charge is -2.11. The lowest BCUT2D eigenvalue weighted by molar-refractivity contribution is -0.138. The van der Waals surface area contributed by atoms with Crippen molar-refractivity contribution in [3.8, 4) is 22.4 Å². The number of thioether (sulfide) groups is 2. The molecule has 0 amide bonds. The third kappa shape index (κ3) is 12.2. The Morgan fingerprint density at radius 1 is 0.927 bits per heavy atom. The predicted molar refractivity (Wildman–Crippen MR) is 173 cm³/mol. The molecule has 0 aliphatic heterocycles. The number of carboxylic acids is 1. The van der Waals surface area contributed by atoms with Crippen molar-refractivity contribution in [3.05, 3.63) is 79.5 Å². The van der Waals surface area contributed by atoms with Crippen LogP contribution in [0, 0.1) is 11.8 Å². The number of allylic oxidation sites excluding steroid dienone is 1. The van der Waals surface area contributed by atoms with Gasteiger partial charge < -0.3 is 5.11 Å². The third-order valence-electron chi connectivity index (χ3n) is 6.95. The van der Waals surface area contributed by atoms with Gasteiger partial charge in [0.1, 0.15) is 0 Å². The first-order chi connectivity index (χ1) is 20.0. The number of carbonyl (C=O) groups excluding carboxylic acids is 1. The van der Waals surface area contributed by atoms with Crippen molar-refractivity contribution < 1.29 is 14.7 Å². The van der Waals surface area contributed by atoms with Crippen molar-refractivity contribution in [3.63, 3.8) is 0 Å². The van der Waals surface area contributed by atoms with Crippen molar-refractivity contribution in [2.75, 3.05) is 11.5 Å². The second-order valence-electron chi connectivity index (χ2n) is 10.3. The zero-order valence-electron chi connectivity index (χ0n) is 24.0. The summed E-state index contributed by atoms with van der Waals surface area (Å²) in [5.74, 6) is 1.67. The number of hydrogen-bond donors (Lipinski definition) is 1. The Morgan fingerprint density at radius 2 is 1.59 bits per heavy atom. The molecule has 2 unspecified atom stereocenters. The van der Waals surface area contributed by atoms with E-state index in [1.165, 1.54) is 24.6 Å². The van der Waals surface area contributed by atoms with E-state index in [0.717, 1.165) is 84.0 Å². The highest BCUT2D eigenvalue weighted by molar-refractivity contribution is 8.13. The molecule has 3 aromatic rings. The van der Waals surface area contributed by atoms with Gasteiger partial charge in [-0.15, -0.1) is 6.58 Å². The van der Waals surface area contributed by atoms with Crippen LogP contribution in [0.25, 0.3) is 22.4 Å². The van der Waals surface area contributed by atoms with E-state index in [-0.39, 0.29) is 11.0 Å². The number of hydrogen-bond acceptors (Lipinski definition) is 6. The van der Waals surface area contributed by atoms with Gasteiger partial charge in [-0.25, -0.2) is 9.97 Å². The first-order valence-corrected chi connectivity index (χ1v) is 16.5. The van der Waals surface area contributed by atoms with Gasteiger partial charge in [0.05, 0.1) is 11.6 Å². The smallest absolute Gasteiger partial charge is 0.306 e. The molecule has 1 fully saturated rings. The van der Waals surface area contributed by atoms with Crippen LogP contribution < -0.4 is 0 Å². The largest absolute Gasteiger partial charge is 0.481 e. The van der Waals surface area contributed by atoms with E-state index < -0.39 is 5.97 Å². The number of carbonyl (C=O) groups is 2. The number of aliphatic carboxylic acids is 1. The van der Waals surface area contributed by atoms with E-state index in [4.69, 9.17) is 10.1 Å². The molecule has 1 aliphatic rings. The molecule has 4 rings (SSSR count). The SMILES string of the molecule is C=CCCCCCSC(C)=O.O=C(O)C1CC1CCCCCSc1ncc(-c2ccccc2)c(-c2ccccc2)n1. The fourth-order valence-corrected chi connectivity index (χ4v) is 6.03. The molecule has 1 heterocycles. The summed E-state index contributed by atoms with van der Waals surface area (Å²) in [5, 5.41) is 10.0. The standard InChI is InChI=1S/C25H26N2O2S.C9H16OS/c28-24(29)21-16-20(21)14-8-3-9-15-30-25-26-17-22(18-10-4-1-5-11-18)23(27-25)19-12-6-2-7-13-19;1-3-4-5-6-7-8-11-9(2)10/h1-2,4-7,10-13,17,20-21H,3,8-9,14-16H2,(H,28,29);3H,1,4-8H2,2H3. The Bertz CT molecular complexity index is 1220. The molecule has 41 heavy (non-hydrogen) atoms. The summed E-state index contributed by atoms with van der Waals surface area (Å²) >= 11 is 3.12. The van der Waals surface area contributed by atoms with Crippen molar-refractivity contribution >= 4 is 34.6 Å². The molecule has 0 saturated heterocycles. The second kappa shape index (κ2) is 18.5. The van der Waals surface area contributed by atoms with Gasteiger partial charge in [0.2, 0.25) is 0 Å². The zero-order chi connectivity index (χ0) is 29.3. The van der Waals surface area contributed by atoms with E-state index >= 15 is 0 Å². The van der Waals surface area contributed by atoms with Crippen LogP contribution in [0.5, 0.6) is 0 Å². The molecule has 5 nitrogen and oxygen atoms in total. The Hall–Kier alpha value is -2.90. The van der Waals surface area contributed by atoms with Crippen LogP contribution >= 0.6 is 23.5 Å². The maximum Gasteiger partial charge on any atom is 0.306 e. The molecule has 2 aromatic carbocycles. The summed E-state index contributed by atoms with van der Waals surface area (Å²) in [4.78, 5) is 30.9. The van der Waals surface area contributed by atoms with Crippen LogP contribution in [0.2, 0.25) is 0 Å². The van der Waals surface area contributed by atoms with Gasteiger partial charge in [0.15, 0.2) is 10.3 Å². The Labute approximate surface area is 253 Å². The Kier molecular flexibility index (Phi) is 14.7. The fourth-order valence-electron chi connectivity index (χ4n) is 4.58. The predicted octanol–water partition coefficient (Wildman–Crippen LogP) is 9.20. The summed E-state index contributed by atoms with van der Waals surface area (Å²) in [7, 11) is 0. The molecule has 7 heteroatoms. The van der Waals surface area contributed by atoms with Crippen LogP contribution in [-0.4, -0.2) is 37.7 Å². The van der Waals surface area contributed by atoms with Crippen molar-refractivity contribution in [2.24, 2.45) is 11.8 Å². The quantitative estimate of drug-likeness (QED) is 0.0771. The molecule has 0 radical (unpaired) electrons. The van der Waals surface area contributed by atoms with Gasteiger partial charge in [-0.3, -0.25) is 9.59 Å². The summed E-state index contributed by atoms with van der Waals surface area (Å²) < 4.78 is 0. The maximum absolute atomic E-state index is 10.9. The number of carboxylic acid groups (broad SMARTS) is 1. The minimum atomic E-state index is -0.624. The molecule has 1 N–H and O–H groups in total. The van der Waals surface area contributed by atoms with E-state index in [2.05, 4.69) is 35.8 Å². The lowest BCUT2D eigenvalue weighted by Crippen LogP contribution is -1.99. The van der Waals surface area contributed by atoms with Gasteiger partial charge in [0, 0.05) is 35.8 Å². The first kappa shape index (κ1) is 32.6. The van der Waals surface area contributed by atoms with E-state index in [1.807, 2.05) is 48.7 Å². The summed E-state index contributed by atoms with van der Waals surface area (Å²) in [6.45, 7) is 5.27. The first-order valence-electron chi connectivity index (χ1n) is 14.6. The van der Waals surface area contributed by atoms with Crippen molar-refractivity contribution in [1.29, 1.82) is 0 Å². The monoisotopic (exact) mass is 590 g/mol. The Morgan fingerprint density at radius 3 is 2.22 bits per heavy atom. The number of unbranched alkanes of at least 4 members (excludes halogenated alkanes) is 5. The number of rotatable bonds is 16. The molecule has 1 aliphatic carbocycles. The van der Waals surface area contributed by atoms with Crippen LogP contribution in [0.4, 0.5) is 0 Å². The third-order valence-corrected chi connectivity index (χ3v) is 8.79. The average molecular weight is 591 g/mol. The number of benzene rings is 2. The van der Waals surface area contributed by atoms with Crippen LogP contribution in [0.15, 0.2) is 84.7 Å². The lowest BCUT2D eigenvalue weighted by atomic mass is 10.0. The molecule has 2 atom stereocenters. The second-order valence-corrected chi connectivity index (χ2v) is 12.6. The normalized spacial score (nSPS) is 15.4. The highest BCUT2D eigenvalue weighted by Crippen LogP contribution is 2.42. The maximum atomic E-state index is 10.9. The number of nitrogens with zero attached hydrogens (tertiary/aromatic N) is 2. The number of aromatic nitrogens is 2. The summed E-state index contributed by atoms with van der Waals surface area (Å²) in [6, 6.07) is 20.5. The fraction of sp³-hybridized carbons (Fsp3) is 0.412. The van der Waals surface area contributed by atoms with Gasteiger partial charge in [-0.2, -0.15) is 0 Å². The van der Waals surface area contributed by atoms with E-state index in [1.54, 1.807) is 18.7 Å². The molecule has 1 saturated carbocycles. The Balaban J connectivity index is 0.000000358. The van der Waals surface area contributed by atoms with Crippen LogP contribution in [-0.2, 0) is 9.59 Å². The van der Waals surface area contributed by atoms with Gasteiger partial charge >= 0.3 is 5.97 Å². The minimum absolute atomic E-state index is 0.0766. The van der Waals surface area contributed by atoms with E-state index in [9.17, 15) is 9.59 Å². The van der Waals surface area contributed by atoms with Crippen molar-refractivity contribution in [2.45, 2.75) is 69.9 Å². The molecule has 0 bridgehead atoms.